The summed E-state index contributed by atoms with van der Waals surface area (Å²) in [4.78, 5) is 34.3. The number of rotatable bonds is 12. The molecule has 7 rings (SSSR count). The summed E-state index contributed by atoms with van der Waals surface area (Å²) in [6.07, 6.45) is 10.9. The van der Waals surface area contributed by atoms with Crippen LogP contribution in [0, 0.1) is 17.8 Å². The van der Waals surface area contributed by atoms with Gasteiger partial charge >= 0.3 is 11.9 Å². The van der Waals surface area contributed by atoms with Gasteiger partial charge in [0.2, 0.25) is 0 Å². The molecule has 4 aliphatic rings. The minimum Gasteiger partial charge on any atom is -0.478 e. The third-order valence-corrected chi connectivity index (χ3v) is 9.21. The predicted molar refractivity (Wildman–Crippen MR) is 170 cm³/mol. The largest absolute Gasteiger partial charge is 0.478 e. The fourth-order valence-corrected chi connectivity index (χ4v) is 7.57. The van der Waals surface area contributed by atoms with E-state index in [-0.39, 0.29) is 23.6 Å². The van der Waals surface area contributed by atoms with Gasteiger partial charge in [0.05, 0.1) is 24.3 Å². The molecule has 3 aromatic carbocycles. The first-order valence-electron chi connectivity index (χ1n) is 15.4. The van der Waals surface area contributed by atoms with Crippen molar-refractivity contribution in [1.29, 1.82) is 0 Å². The zero-order chi connectivity index (χ0) is 31.8. The summed E-state index contributed by atoms with van der Waals surface area (Å²) in [6.45, 7) is 1.07. The van der Waals surface area contributed by atoms with Crippen LogP contribution in [0.1, 0.15) is 80.7 Å². The Bertz CT molecular complexity index is 1470. The molecule has 0 atom stereocenters. The Kier molecular flexibility index (Phi) is 10.5. The lowest BCUT2D eigenvalue weighted by Gasteiger charge is -2.57. The van der Waals surface area contributed by atoms with Crippen molar-refractivity contribution in [3.8, 4) is 5.75 Å². The number of benzene rings is 3. The maximum absolute atomic E-state index is 13.0. The molecule has 0 aromatic heterocycles. The van der Waals surface area contributed by atoms with Crippen molar-refractivity contribution in [3.05, 3.63) is 107 Å². The van der Waals surface area contributed by atoms with Crippen LogP contribution in [0.4, 0.5) is 0 Å². The summed E-state index contributed by atoms with van der Waals surface area (Å²) >= 11 is 0. The number of ether oxygens (including phenoxy) is 3. The Balaban J connectivity index is 0.000000383. The molecule has 2 N–H and O–H groups in total. The van der Waals surface area contributed by atoms with Crippen molar-refractivity contribution < 1.29 is 38.8 Å². The van der Waals surface area contributed by atoms with E-state index < -0.39 is 11.9 Å². The Morgan fingerprint density at radius 3 is 1.91 bits per heavy atom. The molecule has 4 saturated carbocycles. The molecule has 4 fully saturated rings. The molecule has 0 heterocycles. The normalized spacial score (nSPS) is 22.9. The van der Waals surface area contributed by atoms with Gasteiger partial charge in [0.1, 0.15) is 5.75 Å². The molecular weight excluding hydrogens is 572 g/mol. The van der Waals surface area contributed by atoms with Crippen molar-refractivity contribution >= 4 is 23.8 Å². The molecule has 0 spiro atoms. The predicted octanol–water partition coefficient (Wildman–Crippen LogP) is 7.13. The number of ketones is 1. The van der Waals surface area contributed by atoms with E-state index in [4.69, 9.17) is 24.4 Å². The second kappa shape index (κ2) is 14.7. The molecule has 45 heavy (non-hydrogen) atoms. The second-order valence-electron chi connectivity index (χ2n) is 12.4. The molecule has 0 saturated heterocycles. The van der Waals surface area contributed by atoms with Gasteiger partial charge in [0, 0.05) is 18.2 Å². The fraction of sp³-hybridized carbons (Fsp3) is 0.378. The van der Waals surface area contributed by atoms with Gasteiger partial charge in [-0.05, 0) is 104 Å². The number of carboxylic acids is 2. The van der Waals surface area contributed by atoms with Gasteiger partial charge in [-0.1, -0.05) is 48.5 Å². The summed E-state index contributed by atoms with van der Waals surface area (Å²) in [5.41, 5.74) is 3.24. The highest BCUT2D eigenvalue weighted by Gasteiger charge is 2.52. The number of hydrogen-bond donors (Lipinski definition) is 2. The number of carbonyl (C=O) groups excluding carboxylic acids is 1. The Hall–Kier alpha value is -4.27. The fourth-order valence-electron chi connectivity index (χ4n) is 7.57. The minimum absolute atomic E-state index is 0.117. The Labute approximate surface area is 263 Å². The van der Waals surface area contributed by atoms with E-state index in [1.807, 2.05) is 12.1 Å². The van der Waals surface area contributed by atoms with Crippen molar-refractivity contribution in [3.63, 3.8) is 0 Å². The number of carbonyl (C=O) groups is 3. The highest BCUT2D eigenvalue weighted by molar-refractivity contribution is 6.07. The zero-order valence-corrected chi connectivity index (χ0v) is 25.5. The van der Waals surface area contributed by atoms with Gasteiger partial charge in [-0.25, -0.2) is 9.59 Å². The molecular formula is C37H40O8. The molecule has 3 aromatic rings. The summed E-state index contributed by atoms with van der Waals surface area (Å²) in [7, 11) is 1.64. The van der Waals surface area contributed by atoms with E-state index >= 15 is 0 Å². The number of aromatic carboxylic acids is 2. The molecule has 4 bridgehead atoms. The highest BCUT2D eigenvalue weighted by Crippen LogP contribution is 2.61. The monoisotopic (exact) mass is 612 g/mol. The van der Waals surface area contributed by atoms with Crippen molar-refractivity contribution in [2.45, 2.75) is 43.9 Å². The molecule has 0 aliphatic heterocycles. The molecule has 236 valence electrons. The van der Waals surface area contributed by atoms with Crippen LogP contribution in [-0.2, 0) is 14.9 Å². The maximum atomic E-state index is 13.0. The summed E-state index contributed by atoms with van der Waals surface area (Å²) in [5, 5.41) is 17.4. The van der Waals surface area contributed by atoms with E-state index in [2.05, 4.69) is 6.07 Å². The van der Waals surface area contributed by atoms with E-state index in [0.29, 0.717) is 24.3 Å². The Morgan fingerprint density at radius 1 is 0.778 bits per heavy atom. The van der Waals surface area contributed by atoms with Gasteiger partial charge in [-0.15, -0.1) is 0 Å². The number of allylic oxidation sites excluding steroid dienone is 1. The van der Waals surface area contributed by atoms with E-state index in [0.717, 1.165) is 29.1 Å². The van der Waals surface area contributed by atoms with Crippen LogP contribution in [0.5, 0.6) is 5.75 Å². The lowest BCUT2D eigenvalue weighted by Crippen LogP contribution is -2.48. The van der Waals surface area contributed by atoms with Gasteiger partial charge in [-0.2, -0.15) is 0 Å². The lowest BCUT2D eigenvalue weighted by molar-refractivity contribution is -0.0190. The molecule has 0 unspecified atom stereocenters. The van der Waals surface area contributed by atoms with Crippen molar-refractivity contribution in [2.75, 3.05) is 27.1 Å². The van der Waals surface area contributed by atoms with E-state index in [1.165, 1.54) is 62.3 Å². The highest BCUT2D eigenvalue weighted by atomic mass is 16.7. The maximum Gasteiger partial charge on any atom is 0.335 e. The summed E-state index contributed by atoms with van der Waals surface area (Å²) < 4.78 is 16.8. The van der Waals surface area contributed by atoms with Crippen LogP contribution in [0.3, 0.4) is 0 Å². The first-order valence-corrected chi connectivity index (χ1v) is 15.4. The SMILES string of the molecule is COCCOCOc1cc(C(=O)C=Cc2ccc(C(=O)O)cc2)ccc1C12CC3CC(CC(C3)C1)C2.O=C(O)c1ccccc1. The first-order chi connectivity index (χ1) is 21.8. The van der Waals surface area contributed by atoms with Crippen molar-refractivity contribution in [1.82, 2.24) is 0 Å². The average Bonchev–Trinajstić information content (AvgIpc) is 3.03. The molecule has 8 heteroatoms. The van der Waals surface area contributed by atoms with Crippen LogP contribution >= 0.6 is 0 Å². The smallest absolute Gasteiger partial charge is 0.335 e. The summed E-state index contributed by atoms with van der Waals surface area (Å²) in [6, 6.07) is 20.6. The summed E-state index contributed by atoms with van der Waals surface area (Å²) in [5.74, 6) is 1.19. The minimum atomic E-state index is -0.973. The van der Waals surface area contributed by atoms with Gasteiger partial charge in [0.25, 0.3) is 0 Å². The Morgan fingerprint density at radius 2 is 1.36 bits per heavy atom. The van der Waals surface area contributed by atoms with Gasteiger partial charge in [0.15, 0.2) is 12.6 Å². The van der Waals surface area contributed by atoms with Crippen molar-refractivity contribution in [2.24, 2.45) is 17.8 Å². The van der Waals surface area contributed by atoms with Crippen LogP contribution in [0.2, 0.25) is 0 Å². The molecule has 0 radical (unpaired) electrons. The second-order valence-corrected chi connectivity index (χ2v) is 12.4. The molecule has 8 nitrogen and oxygen atoms in total. The third kappa shape index (κ3) is 8.07. The van der Waals surface area contributed by atoms with Gasteiger partial charge in [-0.3, -0.25) is 4.79 Å². The van der Waals surface area contributed by atoms with Crippen LogP contribution < -0.4 is 4.74 Å². The topological polar surface area (TPSA) is 119 Å². The third-order valence-electron chi connectivity index (χ3n) is 9.21. The molecule has 0 amide bonds. The number of carboxylic acid groups (broad SMARTS) is 2. The van der Waals surface area contributed by atoms with Crippen LogP contribution in [0.25, 0.3) is 6.08 Å². The van der Waals surface area contributed by atoms with Gasteiger partial charge < -0.3 is 24.4 Å². The number of methoxy groups -OCH3 is 1. The number of hydrogen-bond acceptors (Lipinski definition) is 6. The zero-order valence-electron chi connectivity index (χ0n) is 25.5. The van der Waals surface area contributed by atoms with Crippen LogP contribution in [0.15, 0.2) is 78.9 Å². The van der Waals surface area contributed by atoms with E-state index in [1.54, 1.807) is 55.7 Å². The van der Waals surface area contributed by atoms with E-state index in [9.17, 15) is 14.4 Å². The lowest BCUT2D eigenvalue weighted by atomic mass is 9.48. The van der Waals surface area contributed by atoms with Crippen LogP contribution in [-0.4, -0.2) is 55.1 Å². The molecule has 4 aliphatic carbocycles. The quantitative estimate of drug-likeness (QED) is 0.0959. The average molecular weight is 613 g/mol. The first kappa shape index (κ1) is 32.1. The standard InChI is InChI=1S/C30H34O6.C7H6O2/c1-34-10-11-35-19-36-28-15-25(27(31)9-4-20-2-5-24(6-3-20)29(32)33)7-8-26(28)30-16-21-12-22(17-30)14-23(13-21)18-30;8-7(9)6-4-2-1-3-5-6/h2-9,15,21-23H,10-14,16-19H2,1H3,(H,32,33);1-5H,(H,8,9).